The third kappa shape index (κ3) is 6.22. The first-order valence-corrected chi connectivity index (χ1v) is 12.1. The van der Waals surface area contributed by atoms with Crippen LogP contribution in [-0.4, -0.2) is 50.5 Å². The Kier molecular flexibility index (Phi) is 8.03. The number of allylic oxidation sites excluding steroid dienone is 4. The van der Waals surface area contributed by atoms with E-state index in [-0.39, 0.29) is 25.4 Å². The molecule has 0 saturated carbocycles. The van der Waals surface area contributed by atoms with Crippen LogP contribution in [0.5, 0.6) is 0 Å². The quantitative estimate of drug-likeness (QED) is 0.328. The summed E-state index contributed by atoms with van der Waals surface area (Å²) in [6.45, 7) is 0.706. The van der Waals surface area contributed by atoms with E-state index in [1.165, 1.54) is 11.0 Å². The van der Waals surface area contributed by atoms with Gasteiger partial charge in [-0.2, -0.15) is 18.7 Å². The first-order valence-electron chi connectivity index (χ1n) is 12.1. The van der Waals surface area contributed by atoms with Gasteiger partial charge in [0, 0.05) is 24.4 Å². The van der Waals surface area contributed by atoms with Gasteiger partial charge in [0.2, 0.25) is 0 Å². The number of benzene rings is 2. The van der Waals surface area contributed by atoms with Gasteiger partial charge in [-0.3, -0.25) is 4.90 Å². The number of hydrogen-bond acceptors (Lipinski definition) is 5. The van der Waals surface area contributed by atoms with Crippen molar-refractivity contribution in [3.05, 3.63) is 94.7 Å². The number of aliphatic hydroxyl groups excluding tert-OH is 1. The number of carbonyl (C=O) groups excluding carboxylic acids is 1. The predicted molar refractivity (Wildman–Crippen MR) is 130 cm³/mol. The summed E-state index contributed by atoms with van der Waals surface area (Å²) in [7, 11) is 0. The van der Waals surface area contributed by atoms with E-state index < -0.39 is 23.6 Å². The van der Waals surface area contributed by atoms with Gasteiger partial charge >= 0.3 is 12.2 Å². The normalized spacial score (nSPS) is 18.6. The molecule has 1 atom stereocenters. The average molecular weight is 518 g/mol. The van der Waals surface area contributed by atoms with Gasteiger partial charge in [0.15, 0.2) is 6.23 Å². The minimum Gasteiger partial charge on any atom is -0.385 e. The zero-order valence-electron chi connectivity index (χ0n) is 20.2. The zero-order valence-corrected chi connectivity index (χ0v) is 20.2. The maximum atomic E-state index is 13.7. The fourth-order valence-electron chi connectivity index (χ4n) is 4.72. The standard InChI is InChI=1S/C27H30F3N3O4/c28-27(29,30)22-10-12-23(13-11-22)33(18-19-6-8-20(9-7-19)24(34)31-37)25(35)32-16-14-26(36,15-17-32)21-4-2-1-3-5-21/h1-10,12,24,31,34,36-37H,11,13-18H2. The van der Waals surface area contributed by atoms with Crippen molar-refractivity contribution in [1.82, 2.24) is 15.3 Å². The number of aliphatic hydroxyl groups is 2. The highest BCUT2D eigenvalue weighted by Crippen LogP contribution is 2.36. The Morgan fingerprint density at radius 2 is 1.68 bits per heavy atom. The molecule has 2 aliphatic rings. The Morgan fingerprint density at radius 1 is 1.03 bits per heavy atom. The average Bonchev–Trinajstić information content (AvgIpc) is 2.92. The van der Waals surface area contributed by atoms with E-state index >= 15 is 0 Å². The Balaban J connectivity index is 1.55. The Bertz CT molecular complexity index is 1140. The first kappa shape index (κ1) is 26.9. The van der Waals surface area contributed by atoms with Crippen LogP contribution in [-0.2, 0) is 12.1 Å². The Hall–Kier alpha value is -3.18. The summed E-state index contributed by atoms with van der Waals surface area (Å²) in [6, 6.07) is 15.5. The molecule has 198 valence electrons. The number of nitrogens with one attached hydrogen (secondary N) is 1. The van der Waals surface area contributed by atoms with Crippen molar-refractivity contribution in [2.45, 2.75) is 50.2 Å². The van der Waals surface area contributed by atoms with E-state index in [1.807, 2.05) is 30.3 Å². The first-order chi connectivity index (χ1) is 17.6. The highest BCUT2D eigenvalue weighted by molar-refractivity contribution is 5.77. The number of piperidine rings is 1. The summed E-state index contributed by atoms with van der Waals surface area (Å²) in [5.74, 6) is 0. The molecule has 7 nitrogen and oxygen atoms in total. The third-order valence-electron chi connectivity index (χ3n) is 7.00. The molecule has 1 unspecified atom stereocenters. The molecule has 1 heterocycles. The molecular weight excluding hydrogens is 487 g/mol. The fourth-order valence-corrected chi connectivity index (χ4v) is 4.72. The van der Waals surface area contributed by atoms with Crippen molar-refractivity contribution < 1.29 is 33.4 Å². The number of carbonyl (C=O) groups is 1. The maximum absolute atomic E-state index is 13.7. The van der Waals surface area contributed by atoms with E-state index in [1.54, 1.807) is 34.6 Å². The van der Waals surface area contributed by atoms with Gasteiger partial charge in [0.25, 0.3) is 0 Å². The second-order valence-corrected chi connectivity index (χ2v) is 9.37. The molecule has 1 saturated heterocycles. The number of nitrogens with zero attached hydrogens (tertiary/aromatic N) is 2. The molecule has 0 radical (unpaired) electrons. The van der Waals surface area contributed by atoms with Crippen LogP contribution in [0.25, 0.3) is 0 Å². The topological polar surface area (TPSA) is 96.3 Å². The van der Waals surface area contributed by atoms with Crippen molar-refractivity contribution >= 4 is 6.03 Å². The Morgan fingerprint density at radius 3 is 2.22 bits per heavy atom. The number of hydroxylamine groups is 1. The summed E-state index contributed by atoms with van der Waals surface area (Å²) >= 11 is 0. The monoisotopic (exact) mass is 517 g/mol. The molecule has 2 amide bonds. The van der Waals surface area contributed by atoms with E-state index in [9.17, 15) is 28.2 Å². The molecule has 1 fully saturated rings. The smallest absolute Gasteiger partial charge is 0.385 e. The number of amides is 2. The second kappa shape index (κ2) is 11.1. The number of alkyl halides is 3. The lowest BCUT2D eigenvalue weighted by atomic mass is 9.84. The van der Waals surface area contributed by atoms with Crippen LogP contribution >= 0.6 is 0 Å². The number of hydrogen-bond donors (Lipinski definition) is 4. The summed E-state index contributed by atoms with van der Waals surface area (Å²) in [5, 5.41) is 29.8. The molecule has 2 aromatic carbocycles. The highest BCUT2D eigenvalue weighted by atomic mass is 19.4. The predicted octanol–water partition coefficient (Wildman–Crippen LogP) is 4.73. The molecule has 37 heavy (non-hydrogen) atoms. The zero-order chi connectivity index (χ0) is 26.6. The van der Waals surface area contributed by atoms with Crippen LogP contribution in [0, 0.1) is 0 Å². The summed E-state index contributed by atoms with van der Waals surface area (Å²) < 4.78 is 39.5. The lowest BCUT2D eigenvalue weighted by Crippen LogP contribution is -2.49. The summed E-state index contributed by atoms with van der Waals surface area (Å²) in [4.78, 5) is 16.8. The van der Waals surface area contributed by atoms with Crippen molar-refractivity contribution in [3.8, 4) is 0 Å². The number of rotatable bonds is 6. The van der Waals surface area contributed by atoms with Crippen molar-refractivity contribution in [3.63, 3.8) is 0 Å². The molecular formula is C27H30F3N3O4. The molecule has 0 bridgehead atoms. The number of urea groups is 1. The lowest BCUT2D eigenvalue weighted by Gasteiger charge is -2.41. The number of likely N-dealkylation sites (tertiary alicyclic amines) is 1. The molecule has 4 N–H and O–H groups in total. The van der Waals surface area contributed by atoms with Crippen molar-refractivity contribution in [2.75, 3.05) is 13.1 Å². The van der Waals surface area contributed by atoms with Crippen LogP contribution in [0.15, 0.2) is 78.0 Å². The van der Waals surface area contributed by atoms with Crippen molar-refractivity contribution in [1.29, 1.82) is 0 Å². The molecule has 10 heteroatoms. The second-order valence-electron chi connectivity index (χ2n) is 9.37. The molecule has 0 spiro atoms. The van der Waals surface area contributed by atoms with Crippen LogP contribution < -0.4 is 5.48 Å². The molecule has 0 aromatic heterocycles. The van der Waals surface area contributed by atoms with Crippen LogP contribution in [0.3, 0.4) is 0 Å². The minimum absolute atomic E-state index is 0.0596. The van der Waals surface area contributed by atoms with Gasteiger partial charge in [0.1, 0.15) is 0 Å². The summed E-state index contributed by atoms with van der Waals surface area (Å²) in [5.41, 5.74) is 2.44. The SMILES string of the molecule is O=C(N1CCC(O)(c2ccccc2)CC1)N(Cc1ccc(C(O)NO)cc1)C1=CC=C(C(F)(F)F)CC1. The van der Waals surface area contributed by atoms with E-state index in [2.05, 4.69) is 0 Å². The summed E-state index contributed by atoms with van der Waals surface area (Å²) in [6.07, 6.45) is -2.79. The third-order valence-corrected chi connectivity index (χ3v) is 7.00. The van der Waals surface area contributed by atoms with Gasteiger partial charge in [0.05, 0.1) is 12.1 Å². The van der Waals surface area contributed by atoms with Crippen LogP contribution in [0.2, 0.25) is 0 Å². The van der Waals surface area contributed by atoms with E-state index in [0.29, 0.717) is 42.8 Å². The lowest BCUT2D eigenvalue weighted by molar-refractivity contribution is -0.0942. The van der Waals surface area contributed by atoms with E-state index in [4.69, 9.17) is 5.21 Å². The largest absolute Gasteiger partial charge is 0.412 e. The molecule has 1 aliphatic carbocycles. The molecule has 2 aromatic rings. The van der Waals surface area contributed by atoms with Gasteiger partial charge in [-0.1, -0.05) is 60.7 Å². The maximum Gasteiger partial charge on any atom is 0.412 e. The van der Waals surface area contributed by atoms with Crippen LogP contribution in [0.1, 0.15) is 48.6 Å². The van der Waals surface area contributed by atoms with Gasteiger partial charge < -0.3 is 20.3 Å². The van der Waals surface area contributed by atoms with Crippen molar-refractivity contribution in [2.24, 2.45) is 0 Å². The van der Waals surface area contributed by atoms with Crippen LogP contribution in [0.4, 0.5) is 18.0 Å². The number of halogens is 3. The Labute approximate surface area is 213 Å². The van der Waals surface area contributed by atoms with Gasteiger partial charge in [-0.25, -0.2) is 4.79 Å². The van der Waals surface area contributed by atoms with Gasteiger partial charge in [-0.15, -0.1) is 0 Å². The van der Waals surface area contributed by atoms with E-state index in [0.717, 1.165) is 11.6 Å². The minimum atomic E-state index is -4.41. The molecule has 4 rings (SSSR count). The fraction of sp³-hybridized carbons (Fsp3) is 0.370. The highest BCUT2D eigenvalue weighted by Gasteiger charge is 2.38. The molecule has 1 aliphatic heterocycles. The van der Waals surface area contributed by atoms with Gasteiger partial charge in [-0.05, 0) is 48.4 Å².